The van der Waals surface area contributed by atoms with Crippen molar-refractivity contribution in [2.75, 3.05) is 26.7 Å². The molecule has 1 heterocycles. The Morgan fingerprint density at radius 2 is 2.38 bits per heavy atom. The van der Waals surface area contributed by atoms with Crippen LogP contribution in [0.4, 0.5) is 0 Å². The van der Waals surface area contributed by atoms with Gasteiger partial charge in [-0.1, -0.05) is 13.3 Å². The average Bonchev–Trinajstić information content (AvgIpc) is 2.44. The molecular weight excluding hydrogens is 164 g/mol. The van der Waals surface area contributed by atoms with Gasteiger partial charge in [-0.15, -0.1) is 0 Å². The van der Waals surface area contributed by atoms with E-state index < -0.39 is 0 Å². The lowest BCUT2D eigenvalue weighted by molar-refractivity contribution is -0.127. The van der Waals surface area contributed by atoms with Gasteiger partial charge in [0.15, 0.2) is 0 Å². The predicted octanol–water partition coefficient (Wildman–Crippen LogP) is 0.854. The summed E-state index contributed by atoms with van der Waals surface area (Å²) in [6, 6.07) is 0. The Morgan fingerprint density at radius 1 is 1.62 bits per heavy atom. The van der Waals surface area contributed by atoms with Gasteiger partial charge in [-0.25, -0.2) is 0 Å². The molecule has 1 rings (SSSR count). The van der Waals surface area contributed by atoms with Crippen LogP contribution in [0.15, 0.2) is 0 Å². The van der Waals surface area contributed by atoms with Gasteiger partial charge in [0.25, 0.3) is 0 Å². The number of likely N-dealkylation sites (tertiary alicyclic amines) is 1. The zero-order valence-corrected chi connectivity index (χ0v) is 8.68. The number of nitrogens with zero attached hydrogens (tertiary/aromatic N) is 1. The van der Waals surface area contributed by atoms with Gasteiger partial charge < -0.3 is 10.2 Å². The van der Waals surface area contributed by atoms with E-state index in [-0.39, 0.29) is 0 Å². The molecule has 1 amide bonds. The highest BCUT2D eigenvalue weighted by Crippen LogP contribution is 2.21. The number of nitrogens with one attached hydrogen (secondary N) is 1. The minimum Gasteiger partial charge on any atom is -0.341 e. The van der Waals surface area contributed by atoms with Gasteiger partial charge in [0, 0.05) is 26.1 Å². The first-order valence-corrected chi connectivity index (χ1v) is 5.20. The maximum absolute atomic E-state index is 11.5. The largest absolute Gasteiger partial charge is 0.341 e. The summed E-state index contributed by atoms with van der Waals surface area (Å²) in [5.41, 5.74) is 0. The highest BCUT2D eigenvalue weighted by atomic mass is 16.2. The second-order valence-electron chi connectivity index (χ2n) is 3.80. The maximum Gasteiger partial charge on any atom is 0.222 e. The van der Waals surface area contributed by atoms with E-state index in [2.05, 4.69) is 12.2 Å². The summed E-state index contributed by atoms with van der Waals surface area (Å²) in [4.78, 5) is 13.4. The van der Waals surface area contributed by atoms with E-state index >= 15 is 0 Å². The molecule has 0 aromatic heterocycles. The molecule has 1 aliphatic rings. The zero-order chi connectivity index (χ0) is 9.68. The molecule has 0 radical (unpaired) electrons. The van der Waals surface area contributed by atoms with Crippen LogP contribution in [0.5, 0.6) is 0 Å². The maximum atomic E-state index is 11.5. The number of hydrogen-bond acceptors (Lipinski definition) is 2. The van der Waals surface area contributed by atoms with Gasteiger partial charge in [-0.05, 0) is 19.4 Å². The van der Waals surface area contributed by atoms with Crippen LogP contribution in [-0.2, 0) is 4.79 Å². The summed E-state index contributed by atoms with van der Waals surface area (Å²) >= 11 is 0. The predicted molar refractivity (Wildman–Crippen MR) is 53.5 cm³/mol. The summed E-state index contributed by atoms with van der Waals surface area (Å²) in [7, 11) is 1.92. The summed E-state index contributed by atoms with van der Waals surface area (Å²) in [5, 5.41) is 3.07. The quantitative estimate of drug-likeness (QED) is 0.687. The number of likely N-dealkylation sites (N-methyl/N-ethyl adjacent to an activating group) is 1. The highest BCUT2D eigenvalue weighted by Gasteiger charge is 2.27. The van der Waals surface area contributed by atoms with Crippen LogP contribution in [0.3, 0.4) is 0 Å². The second kappa shape index (κ2) is 5.22. The second-order valence-corrected chi connectivity index (χ2v) is 3.80. The molecule has 1 N–H and O–H groups in total. The molecule has 1 atom stereocenters. The van der Waals surface area contributed by atoms with Crippen LogP contribution in [0.2, 0.25) is 0 Å². The Balaban J connectivity index is 2.28. The third-order valence-electron chi connectivity index (χ3n) is 2.62. The smallest absolute Gasteiger partial charge is 0.222 e. The fourth-order valence-corrected chi connectivity index (χ4v) is 1.92. The van der Waals surface area contributed by atoms with Crippen LogP contribution in [0.25, 0.3) is 0 Å². The summed E-state index contributed by atoms with van der Waals surface area (Å²) in [5.74, 6) is 0.961. The third-order valence-corrected chi connectivity index (χ3v) is 2.62. The van der Waals surface area contributed by atoms with E-state index in [0.717, 1.165) is 26.1 Å². The Hall–Kier alpha value is -0.570. The third kappa shape index (κ3) is 2.99. The van der Waals surface area contributed by atoms with Crippen molar-refractivity contribution < 1.29 is 4.79 Å². The van der Waals surface area contributed by atoms with Crippen LogP contribution >= 0.6 is 0 Å². The van der Waals surface area contributed by atoms with E-state index in [4.69, 9.17) is 0 Å². The lowest BCUT2D eigenvalue weighted by atomic mass is 10.0. The molecule has 1 aliphatic heterocycles. The lowest BCUT2D eigenvalue weighted by Gasteiger charge is -2.15. The molecule has 76 valence electrons. The van der Waals surface area contributed by atoms with Crippen LogP contribution in [-0.4, -0.2) is 37.5 Å². The zero-order valence-electron chi connectivity index (χ0n) is 8.68. The standard InChI is InChI=1S/C10H20N2O/c1-3-4-9-7-10(13)12(8-9)6-5-11-2/h9,11H,3-8H2,1-2H3. The van der Waals surface area contributed by atoms with Crippen molar-refractivity contribution >= 4 is 5.91 Å². The molecule has 0 aromatic carbocycles. The first-order valence-electron chi connectivity index (χ1n) is 5.20. The molecule has 0 spiro atoms. The molecule has 0 aliphatic carbocycles. The molecule has 0 aromatic rings. The molecular formula is C10H20N2O. The van der Waals surface area contributed by atoms with Crippen LogP contribution in [0, 0.1) is 5.92 Å². The van der Waals surface area contributed by atoms with Crippen molar-refractivity contribution in [1.82, 2.24) is 10.2 Å². The molecule has 1 saturated heterocycles. The summed E-state index contributed by atoms with van der Waals surface area (Å²) in [6.45, 7) is 4.94. The fourth-order valence-electron chi connectivity index (χ4n) is 1.92. The van der Waals surface area contributed by atoms with Crippen molar-refractivity contribution in [1.29, 1.82) is 0 Å². The van der Waals surface area contributed by atoms with E-state index in [1.54, 1.807) is 0 Å². The molecule has 13 heavy (non-hydrogen) atoms. The van der Waals surface area contributed by atoms with Crippen molar-refractivity contribution in [2.45, 2.75) is 26.2 Å². The molecule has 0 bridgehead atoms. The number of amides is 1. The Labute approximate surface area is 80.5 Å². The van der Waals surface area contributed by atoms with E-state index in [1.807, 2.05) is 11.9 Å². The Morgan fingerprint density at radius 3 is 3.00 bits per heavy atom. The molecule has 1 fully saturated rings. The minimum absolute atomic E-state index is 0.341. The number of carbonyl (C=O) groups excluding carboxylic acids is 1. The minimum atomic E-state index is 0.341. The van der Waals surface area contributed by atoms with Crippen molar-refractivity contribution in [3.8, 4) is 0 Å². The van der Waals surface area contributed by atoms with Gasteiger partial charge in [0.1, 0.15) is 0 Å². The van der Waals surface area contributed by atoms with Crippen molar-refractivity contribution in [2.24, 2.45) is 5.92 Å². The fraction of sp³-hybridized carbons (Fsp3) is 0.900. The van der Waals surface area contributed by atoms with Gasteiger partial charge >= 0.3 is 0 Å². The number of rotatable bonds is 5. The first kappa shape index (κ1) is 10.5. The summed E-state index contributed by atoms with van der Waals surface area (Å²) < 4.78 is 0. The van der Waals surface area contributed by atoms with Crippen molar-refractivity contribution in [3.05, 3.63) is 0 Å². The highest BCUT2D eigenvalue weighted by molar-refractivity contribution is 5.78. The summed E-state index contributed by atoms with van der Waals surface area (Å²) in [6.07, 6.45) is 3.16. The Kier molecular flexibility index (Phi) is 4.22. The first-order chi connectivity index (χ1) is 6.27. The SMILES string of the molecule is CCCC1CC(=O)N(CCNC)C1. The van der Waals surface area contributed by atoms with Gasteiger partial charge in [-0.2, -0.15) is 0 Å². The van der Waals surface area contributed by atoms with Gasteiger partial charge in [-0.3, -0.25) is 4.79 Å². The van der Waals surface area contributed by atoms with Gasteiger partial charge in [0.2, 0.25) is 5.91 Å². The van der Waals surface area contributed by atoms with Crippen molar-refractivity contribution in [3.63, 3.8) is 0 Å². The van der Waals surface area contributed by atoms with E-state index in [1.165, 1.54) is 12.8 Å². The van der Waals surface area contributed by atoms with E-state index in [9.17, 15) is 4.79 Å². The molecule has 3 heteroatoms. The lowest BCUT2D eigenvalue weighted by Crippen LogP contribution is -2.32. The van der Waals surface area contributed by atoms with Crippen LogP contribution in [0.1, 0.15) is 26.2 Å². The number of carbonyl (C=O) groups is 1. The topological polar surface area (TPSA) is 32.3 Å². The Bertz CT molecular complexity index is 170. The van der Waals surface area contributed by atoms with Gasteiger partial charge in [0.05, 0.1) is 0 Å². The molecule has 1 unspecified atom stereocenters. The monoisotopic (exact) mass is 184 g/mol. The molecule has 0 saturated carbocycles. The average molecular weight is 184 g/mol. The normalized spacial score (nSPS) is 22.8. The molecule has 3 nitrogen and oxygen atoms in total. The number of hydrogen-bond donors (Lipinski definition) is 1. The van der Waals surface area contributed by atoms with Crippen LogP contribution < -0.4 is 5.32 Å². The van der Waals surface area contributed by atoms with E-state index in [0.29, 0.717) is 11.8 Å².